The maximum absolute atomic E-state index is 2.56. The SMILES string of the molecule is CCCc1cc(N2CCCCC2)cc(C)c1C. The minimum Gasteiger partial charge on any atom is -0.372 e. The minimum absolute atomic E-state index is 1.22. The van der Waals surface area contributed by atoms with Crippen LogP contribution in [-0.4, -0.2) is 13.1 Å². The normalized spacial score (nSPS) is 16.3. The third-order valence-corrected chi connectivity index (χ3v) is 4.00. The fraction of sp³-hybridized carbons (Fsp3) is 0.625. The predicted octanol–water partition coefficient (Wildman–Crippen LogP) is 4.25. The first-order valence-electron chi connectivity index (χ1n) is 7.07. The van der Waals surface area contributed by atoms with E-state index < -0.39 is 0 Å². The lowest BCUT2D eigenvalue weighted by molar-refractivity contribution is 0.577. The number of nitrogens with zero attached hydrogens (tertiary/aromatic N) is 1. The quantitative estimate of drug-likeness (QED) is 0.752. The molecule has 0 spiro atoms. The van der Waals surface area contributed by atoms with E-state index in [0.29, 0.717) is 0 Å². The molecule has 0 atom stereocenters. The molecule has 1 aromatic carbocycles. The van der Waals surface area contributed by atoms with Crippen LogP contribution in [-0.2, 0) is 6.42 Å². The molecule has 1 aliphatic rings. The van der Waals surface area contributed by atoms with Crippen molar-refractivity contribution in [2.45, 2.75) is 52.9 Å². The average Bonchev–Trinajstić information content (AvgIpc) is 2.36. The molecule has 0 amide bonds. The molecule has 0 aromatic heterocycles. The Labute approximate surface area is 106 Å². The summed E-state index contributed by atoms with van der Waals surface area (Å²) in [6, 6.07) is 4.80. The van der Waals surface area contributed by atoms with Crippen LogP contribution in [0.1, 0.15) is 49.3 Å². The van der Waals surface area contributed by atoms with Gasteiger partial charge in [0.15, 0.2) is 0 Å². The summed E-state index contributed by atoms with van der Waals surface area (Å²) in [5.74, 6) is 0. The molecule has 1 heteroatoms. The molecule has 1 aliphatic heterocycles. The van der Waals surface area contributed by atoms with Gasteiger partial charge in [-0.15, -0.1) is 0 Å². The first-order chi connectivity index (χ1) is 8.22. The van der Waals surface area contributed by atoms with Crippen LogP contribution in [0.25, 0.3) is 0 Å². The molecule has 0 radical (unpaired) electrons. The lowest BCUT2D eigenvalue weighted by Crippen LogP contribution is -2.29. The van der Waals surface area contributed by atoms with Gasteiger partial charge in [0.25, 0.3) is 0 Å². The molecule has 0 saturated carbocycles. The average molecular weight is 231 g/mol. The Hall–Kier alpha value is -0.980. The van der Waals surface area contributed by atoms with Crippen molar-refractivity contribution >= 4 is 5.69 Å². The van der Waals surface area contributed by atoms with Gasteiger partial charge in [-0.3, -0.25) is 0 Å². The van der Waals surface area contributed by atoms with Gasteiger partial charge in [0.2, 0.25) is 0 Å². The van der Waals surface area contributed by atoms with Gasteiger partial charge in [-0.2, -0.15) is 0 Å². The molecule has 0 bridgehead atoms. The van der Waals surface area contributed by atoms with Gasteiger partial charge in [-0.25, -0.2) is 0 Å². The monoisotopic (exact) mass is 231 g/mol. The lowest BCUT2D eigenvalue weighted by Gasteiger charge is -2.30. The standard InChI is InChI=1S/C16H25N/c1-4-8-15-12-16(11-13(2)14(15)3)17-9-6-5-7-10-17/h11-12H,4-10H2,1-3H3. The fourth-order valence-corrected chi connectivity index (χ4v) is 2.78. The van der Waals surface area contributed by atoms with Gasteiger partial charge in [-0.1, -0.05) is 13.3 Å². The third-order valence-electron chi connectivity index (χ3n) is 4.00. The molecule has 2 rings (SSSR count). The van der Waals surface area contributed by atoms with Crippen molar-refractivity contribution in [3.63, 3.8) is 0 Å². The van der Waals surface area contributed by atoms with Gasteiger partial charge in [-0.05, 0) is 68.4 Å². The molecule has 17 heavy (non-hydrogen) atoms. The highest BCUT2D eigenvalue weighted by Gasteiger charge is 2.13. The largest absolute Gasteiger partial charge is 0.372 e. The number of aryl methyl sites for hydroxylation is 2. The molecule has 94 valence electrons. The van der Waals surface area contributed by atoms with E-state index in [-0.39, 0.29) is 0 Å². The summed E-state index contributed by atoms with van der Waals surface area (Å²) < 4.78 is 0. The Morgan fingerprint density at radius 2 is 1.76 bits per heavy atom. The second kappa shape index (κ2) is 5.57. The van der Waals surface area contributed by atoms with Crippen molar-refractivity contribution in [1.82, 2.24) is 0 Å². The van der Waals surface area contributed by atoms with E-state index >= 15 is 0 Å². The maximum atomic E-state index is 2.56. The number of piperidine rings is 1. The highest BCUT2D eigenvalue weighted by molar-refractivity contribution is 5.54. The summed E-state index contributed by atoms with van der Waals surface area (Å²) in [6.45, 7) is 9.27. The van der Waals surface area contributed by atoms with Crippen molar-refractivity contribution in [2.75, 3.05) is 18.0 Å². The Bertz CT molecular complexity index is 375. The first kappa shape index (κ1) is 12.5. The molecule has 0 unspecified atom stereocenters. The Morgan fingerprint density at radius 1 is 1.06 bits per heavy atom. The van der Waals surface area contributed by atoms with Crippen LogP contribution in [0.2, 0.25) is 0 Å². The van der Waals surface area contributed by atoms with Crippen LogP contribution in [0.3, 0.4) is 0 Å². The summed E-state index contributed by atoms with van der Waals surface area (Å²) in [7, 11) is 0. The number of benzene rings is 1. The van der Waals surface area contributed by atoms with E-state index in [9.17, 15) is 0 Å². The molecule has 1 aromatic rings. The van der Waals surface area contributed by atoms with Gasteiger partial charge >= 0.3 is 0 Å². The molecular formula is C16H25N. The smallest absolute Gasteiger partial charge is 0.0371 e. The van der Waals surface area contributed by atoms with Gasteiger partial charge in [0.05, 0.1) is 0 Å². The summed E-state index contributed by atoms with van der Waals surface area (Å²) in [4.78, 5) is 2.56. The molecule has 1 fully saturated rings. The summed E-state index contributed by atoms with van der Waals surface area (Å²) >= 11 is 0. The molecule has 0 aliphatic carbocycles. The second-order valence-corrected chi connectivity index (χ2v) is 5.34. The zero-order valence-electron chi connectivity index (χ0n) is 11.6. The predicted molar refractivity (Wildman–Crippen MR) is 76.0 cm³/mol. The number of hydrogen-bond acceptors (Lipinski definition) is 1. The van der Waals surface area contributed by atoms with Crippen molar-refractivity contribution < 1.29 is 0 Å². The van der Waals surface area contributed by atoms with E-state index in [0.717, 1.165) is 0 Å². The Morgan fingerprint density at radius 3 is 2.41 bits per heavy atom. The number of anilines is 1. The van der Waals surface area contributed by atoms with E-state index in [1.807, 2.05) is 0 Å². The highest BCUT2D eigenvalue weighted by Crippen LogP contribution is 2.26. The number of rotatable bonds is 3. The Kier molecular flexibility index (Phi) is 4.09. The molecule has 1 saturated heterocycles. The summed E-state index contributed by atoms with van der Waals surface area (Å²) in [5, 5.41) is 0. The van der Waals surface area contributed by atoms with Crippen molar-refractivity contribution in [2.24, 2.45) is 0 Å². The molecule has 0 N–H and O–H groups in total. The molecule has 1 nitrogen and oxygen atoms in total. The van der Waals surface area contributed by atoms with Crippen LogP contribution in [0.4, 0.5) is 5.69 Å². The van der Waals surface area contributed by atoms with Crippen molar-refractivity contribution in [1.29, 1.82) is 0 Å². The summed E-state index contributed by atoms with van der Waals surface area (Å²) in [5.41, 5.74) is 5.95. The van der Waals surface area contributed by atoms with Crippen molar-refractivity contribution in [3.05, 3.63) is 28.8 Å². The minimum atomic E-state index is 1.22. The van der Waals surface area contributed by atoms with E-state index in [1.165, 1.54) is 62.0 Å². The topological polar surface area (TPSA) is 3.24 Å². The van der Waals surface area contributed by atoms with Crippen LogP contribution in [0.15, 0.2) is 12.1 Å². The summed E-state index contributed by atoms with van der Waals surface area (Å²) in [6.07, 6.45) is 6.58. The lowest BCUT2D eigenvalue weighted by atomic mass is 9.98. The van der Waals surface area contributed by atoms with Crippen LogP contribution < -0.4 is 4.90 Å². The molecule has 1 heterocycles. The second-order valence-electron chi connectivity index (χ2n) is 5.34. The van der Waals surface area contributed by atoms with Gasteiger partial charge in [0, 0.05) is 18.8 Å². The van der Waals surface area contributed by atoms with Gasteiger partial charge < -0.3 is 4.90 Å². The van der Waals surface area contributed by atoms with E-state index in [2.05, 4.69) is 37.8 Å². The molecular weight excluding hydrogens is 206 g/mol. The third kappa shape index (κ3) is 2.83. The van der Waals surface area contributed by atoms with Crippen LogP contribution in [0.5, 0.6) is 0 Å². The highest BCUT2D eigenvalue weighted by atomic mass is 15.1. The maximum Gasteiger partial charge on any atom is 0.0371 e. The fourth-order valence-electron chi connectivity index (χ4n) is 2.78. The number of hydrogen-bond donors (Lipinski definition) is 0. The van der Waals surface area contributed by atoms with Crippen LogP contribution >= 0.6 is 0 Å². The van der Waals surface area contributed by atoms with Crippen LogP contribution in [0, 0.1) is 13.8 Å². The van der Waals surface area contributed by atoms with Crippen molar-refractivity contribution in [3.8, 4) is 0 Å². The van der Waals surface area contributed by atoms with E-state index in [1.54, 1.807) is 5.56 Å². The van der Waals surface area contributed by atoms with E-state index in [4.69, 9.17) is 0 Å². The zero-order valence-corrected chi connectivity index (χ0v) is 11.6. The Balaban J connectivity index is 2.27. The van der Waals surface area contributed by atoms with Gasteiger partial charge in [0.1, 0.15) is 0 Å². The first-order valence-corrected chi connectivity index (χ1v) is 7.07. The zero-order chi connectivity index (χ0) is 12.3.